The van der Waals surface area contributed by atoms with E-state index >= 15 is 0 Å². The van der Waals surface area contributed by atoms with Crippen LogP contribution in [0.3, 0.4) is 0 Å². The van der Waals surface area contributed by atoms with Crippen LogP contribution in [0.2, 0.25) is 0 Å². The number of amides is 1. The predicted molar refractivity (Wildman–Crippen MR) is 87.2 cm³/mol. The number of nitrogens with one attached hydrogen (secondary N) is 1. The second-order valence-electron chi connectivity index (χ2n) is 5.16. The highest BCUT2D eigenvalue weighted by molar-refractivity contribution is 7.12. The molecule has 2 heterocycles. The second-order valence-corrected chi connectivity index (χ2v) is 6.10. The zero-order valence-corrected chi connectivity index (χ0v) is 13.4. The lowest BCUT2D eigenvalue weighted by atomic mass is 10.1. The van der Waals surface area contributed by atoms with Crippen molar-refractivity contribution in [3.63, 3.8) is 0 Å². The fraction of sp³-hybridized carbons (Fsp3) is 0.294. The van der Waals surface area contributed by atoms with E-state index in [1.807, 2.05) is 29.6 Å². The summed E-state index contributed by atoms with van der Waals surface area (Å²) in [4.78, 5) is 24.4. The van der Waals surface area contributed by atoms with Crippen LogP contribution in [-0.2, 0) is 11.3 Å². The van der Waals surface area contributed by atoms with Gasteiger partial charge in [-0.3, -0.25) is 9.59 Å². The van der Waals surface area contributed by atoms with E-state index in [0.717, 1.165) is 11.3 Å². The van der Waals surface area contributed by atoms with Gasteiger partial charge in [0.25, 0.3) is 0 Å². The molecule has 1 aliphatic rings. The van der Waals surface area contributed by atoms with E-state index in [9.17, 15) is 9.59 Å². The molecule has 6 heteroatoms. The molecule has 0 unspecified atom stereocenters. The maximum absolute atomic E-state index is 11.9. The summed E-state index contributed by atoms with van der Waals surface area (Å²) in [5, 5.41) is 4.68. The van der Waals surface area contributed by atoms with Crippen LogP contribution < -0.4 is 14.8 Å². The van der Waals surface area contributed by atoms with Gasteiger partial charge >= 0.3 is 0 Å². The van der Waals surface area contributed by atoms with Crippen LogP contribution in [0.1, 0.15) is 28.1 Å². The van der Waals surface area contributed by atoms with Gasteiger partial charge in [0.1, 0.15) is 13.2 Å². The van der Waals surface area contributed by atoms with Crippen LogP contribution in [-0.4, -0.2) is 24.9 Å². The van der Waals surface area contributed by atoms with Crippen LogP contribution in [0.4, 0.5) is 0 Å². The van der Waals surface area contributed by atoms with E-state index in [1.54, 1.807) is 6.07 Å². The summed E-state index contributed by atoms with van der Waals surface area (Å²) in [6.07, 6.45) is 0.425. The first-order valence-corrected chi connectivity index (χ1v) is 8.32. The smallest absolute Gasteiger partial charge is 0.220 e. The zero-order valence-electron chi connectivity index (χ0n) is 12.5. The second kappa shape index (κ2) is 7.28. The minimum Gasteiger partial charge on any atom is -0.486 e. The number of hydrogen-bond donors (Lipinski definition) is 1. The standard InChI is InChI=1S/C17H17NO4S/c19-13(16-2-1-9-23-16)4-6-17(20)18-11-12-3-5-14-15(10-12)22-8-7-21-14/h1-3,5,9-10H,4,6-8,11H2,(H,18,20). The fourth-order valence-corrected chi connectivity index (χ4v) is 2.97. The van der Waals surface area contributed by atoms with E-state index < -0.39 is 0 Å². The van der Waals surface area contributed by atoms with Gasteiger partial charge in [0.2, 0.25) is 5.91 Å². The molecule has 5 nitrogen and oxygen atoms in total. The average molecular weight is 331 g/mol. The Morgan fingerprint density at radius 1 is 1.09 bits per heavy atom. The summed E-state index contributed by atoms with van der Waals surface area (Å²) < 4.78 is 11.0. The highest BCUT2D eigenvalue weighted by Gasteiger charge is 2.13. The van der Waals surface area contributed by atoms with Crippen LogP contribution in [0.15, 0.2) is 35.7 Å². The summed E-state index contributed by atoms with van der Waals surface area (Å²) in [6.45, 7) is 1.50. The Morgan fingerprint density at radius 3 is 2.70 bits per heavy atom. The number of benzene rings is 1. The highest BCUT2D eigenvalue weighted by atomic mass is 32.1. The molecular weight excluding hydrogens is 314 g/mol. The molecule has 2 aromatic rings. The van der Waals surface area contributed by atoms with Crippen LogP contribution in [0, 0.1) is 0 Å². The van der Waals surface area contributed by atoms with Gasteiger partial charge in [-0.05, 0) is 29.1 Å². The van der Waals surface area contributed by atoms with E-state index in [-0.39, 0.29) is 24.5 Å². The molecule has 1 amide bonds. The van der Waals surface area contributed by atoms with Crippen molar-refractivity contribution >= 4 is 23.0 Å². The summed E-state index contributed by atoms with van der Waals surface area (Å²) in [5.74, 6) is 1.31. The van der Waals surface area contributed by atoms with E-state index in [1.165, 1.54) is 11.3 Å². The third kappa shape index (κ3) is 4.10. The molecule has 0 atom stereocenters. The highest BCUT2D eigenvalue weighted by Crippen LogP contribution is 2.30. The van der Waals surface area contributed by atoms with Gasteiger partial charge in [0.05, 0.1) is 4.88 Å². The number of carbonyl (C=O) groups is 2. The molecule has 3 rings (SSSR count). The quantitative estimate of drug-likeness (QED) is 0.827. The number of thiophene rings is 1. The van der Waals surface area contributed by atoms with Gasteiger partial charge in [0, 0.05) is 19.4 Å². The van der Waals surface area contributed by atoms with Crippen molar-refractivity contribution in [2.75, 3.05) is 13.2 Å². The first-order chi connectivity index (χ1) is 11.2. The fourth-order valence-electron chi connectivity index (χ4n) is 2.27. The number of ketones is 1. The van der Waals surface area contributed by atoms with Gasteiger partial charge in [-0.2, -0.15) is 0 Å². The van der Waals surface area contributed by atoms with Crippen molar-refractivity contribution in [3.05, 3.63) is 46.2 Å². The topological polar surface area (TPSA) is 64.6 Å². The molecule has 0 aliphatic carbocycles. The Morgan fingerprint density at radius 2 is 1.91 bits per heavy atom. The Hall–Kier alpha value is -2.34. The number of ether oxygens (including phenoxy) is 2. The largest absolute Gasteiger partial charge is 0.486 e. The Balaban J connectivity index is 1.46. The summed E-state index contributed by atoms with van der Waals surface area (Å²) in [6, 6.07) is 9.21. The summed E-state index contributed by atoms with van der Waals surface area (Å²) in [5.41, 5.74) is 0.937. The molecule has 120 valence electrons. The number of hydrogen-bond acceptors (Lipinski definition) is 5. The van der Waals surface area contributed by atoms with Crippen molar-refractivity contribution in [2.45, 2.75) is 19.4 Å². The summed E-state index contributed by atoms with van der Waals surface area (Å²) >= 11 is 1.40. The number of carbonyl (C=O) groups excluding carboxylic acids is 2. The molecule has 0 spiro atoms. The maximum atomic E-state index is 11.9. The van der Waals surface area contributed by atoms with Crippen LogP contribution in [0.25, 0.3) is 0 Å². The molecule has 0 saturated heterocycles. The van der Waals surface area contributed by atoms with Gasteiger partial charge in [-0.25, -0.2) is 0 Å². The van der Waals surface area contributed by atoms with Gasteiger partial charge < -0.3 is 14.8 Å². The van der Waals surface area contributed by atoms with Gasteiger partial charge in [-0.15, -0.1) is 11.3 Å². The van der Waals surface area contributed by atoms with Gasteiger partial charge in [-0.1, -0.05) is 12.1 Å². The van der Waals surface area contributed by atoms with Crippen molar-refractivity contribution in [1.29, 1.82) is 0 Å². The Bertz CT molecular complexity index is 697. The third-order valence-electron chi connectivity index (χ3n) is 3.47. The van der Waals surface area contributed by atoms with Crippen LogP contribution in [0.5, 0.6) is 11.5 Å². The lowest BCUT2D eigenvalue weighted by molar-refractivity contribution is -0.121. The predicted octanol–water partition coefficient (Wildman–Crippen LogP) is 2.80. The van der Waals surface area contributed by atoms with E-state index in [0.29, 0.717) is 30.4 Å². The maximum Gasteiger partial charge on any atom is 0.220 e. The minimum atomic E-state index is -0.134. The first kappa shape index (κ1) is 15.6. The lowest BCUT2D eigenvalue weighted by Gasteiger charge is -2.18. The molecule has 0 bridgehead atoms. The zero-order chi connectivity index (χ0) is 16.1. The molecule has 0 saturated carbocycles. The normalized spacial score (nSPS) is 12.7. The molecule has 1 aromatic carbocycles. The molecule has 0 fully saturated rings. The Labute approximate surface area is 138 Å². The number of fused-ring (bicyclic) bond motifs is 1. The number of rotatable bonds is 6. The third-order valence-corrected chi connectivity index (χ3v) is 4.38. The molecule has 23 heavy (non-hydrogen) atoms. The molecular formula is C17H17NO4S. The average Bonchev–Trinajstić information content (AvgIpc) is 3.12. The van der Waals surface area contributed by atoms with Crippen molar-refractivity contribution in [3.8, 4) is 11.5 Å². The molecule has 1 N–H and O–H groups in total. The molecule has 1 aliphatic heterocycles. The summed E-state index contributed by atoms with van der Waals surface area (Å²) in [7, 11) is 0. The number of Topliss-reactive ketones (excluding diaryl/α,β-unsaturated/α-hetero) is 1. The van der Waals surface area contributed by atoms with E-state index in [4.69, 9.17) is 9.47 Å². The van der Waals surface area contributed by atoms with Crippen molar-refractivity contribution < 1.29 is 19.1 Å². The molecule has 1 aromatic heterocycles. The van der Waals surface area contributed by atoms with E-state index in [2.05, 4.69) is 5.32 Å². The van der Waals surface area contributed by atoms with Crippen molar-refractivity contribution in [2.24, 2.45) is 0 Å². The Kier molecular flexibility index (Phi) is 4.92. The van der Waals surface area contributed by atoms with Crippen molar-refractivity contribution in [1.82, 2.24) is 5.32 Å². The first-order valence-electron chi connectivity index (χ1n) is 7.44. The SMILES string of the molecule is O=C(CCC(=O)c1cccs1)NCc1ccc2c(c1)OCCO2. The van der Waals surface area contributed by atoms with Gasteiger partial charge in [0.15, 0.2) is 17.3 Å². The van der Waals surface area contributed by atoms with Crippen LogP contribution >= 0.6 is 11.3 Å². The monoisotopic (exact) mass is 331 g/mol. The molecule has 0 radical (unpaired) electrons. The minimum absolute atomic E-state index is 0.00878. The lowest BCUT2D eigenvalue weighted by Crippen LogP contribution is -2.23.